The van der Waals surface area contributed by atoms with Gasteiger partial charge in [0, 0.05) is 17.0 Å². The van der Waals surface area contributed by atoms with E-state index in [4.69, 9.17) is 27.9 Å². The van der Waals surface area contributed by atoms with E-state index in [0.29, 0.717) is 10.7 Å². The second-order valence-corrected chi connectivity index (χ2v) is 8.36. The Morgan fingerprint density at radius 3 is 2.42 bits per heavy atom. The maximum Gasteiger partial charge on any atom is 0.340 e. The number of amides is 1. The monoisotopic (exact) mass is 415 g/mol. The van der Waals surface area contributed by atoms with E-state index in [0.717, 1.165) is 17.9 Å². The maximum absolute atomic E-state index is 12.1. The largest absolute Gasteiger partial charge is 0.452 e. The SMILES string of the molecule is Cc1cc(Cl)ccc1NC(=O)COC(=O)c1cc(S(C)(=O)=O)ccc1Cl. The van der Waals surface area contributed by atoms with Crippen LogP contribution in [0.25, 0.3) is 0 Å². The van der Waals surface area contributed by atoms with Crippen LogP contribution in [-0.4, -0.2) is 33.2 Å². The number of sulfone groups is 1. The quantitative estimate of drug-likeness (QED) is 0.754. The number of benzene rings is 2. The summed E-state index contributed by atoms with van der Waals surface area (Å²) in [4.78, 5) is 24.0. The number of esters is 1. The first-order valence-corrected chi connectivity index (χ1v) is 9.95. The molecule has 0 radical (unpaired) electrons. The fourth-order valence-corrected chi connectivity index (χ4v) is 3.12. The minimum absolute atomic E-state index is 0.0244. The molecule has 1 amide bonds. The Hall–Kier alpha value is -2.09. The highest BCUT2D eigenvalue weighted by atomic mass is 35.5. The van der Waals surface area contributed by atoms with Crippen molar-refractivity contribution in [2.24, 2.45) is 0 Å². The van der Waals surface area contributed by atoms with Crippen LogP contribution in [0.5, 0.6) is 0 Å². The van der Waals surface area contributed by atoms with E-state index >= 15 is 0 Å². The van der Waals surface area contributed by atoms with Gasteiger partial charge >= 0.3 is 5.97 Å². The fraction of sp³-hybridized carbons (Fsp3) is 0.176. The fourth-order valence-electron chi connectivity index (χ4n) is 2.05. The molecule has 138 valence electrons. The van der Waals surface area contributed by atoms with Gasteiger partial charge in [-0.15, -0.1) is 0 Å². The van der Waals surface area contributed by atoms with E-state index < -0.39 is 28.3 Å². The second kappa shape index (κ2) is 8.07. The Balaban J connectivity index is 2.05. The number of carbonyl (C=O) groups excluding carboxylic acids is 2. The minimum Gasteiger partial charge on any atom is -0.452 e. The van der Waals surface area contributed by atoms with Crippen molar-refractivity contribution in [3.05, 3.63) is 57.6 Å². The summed E-state index contributed by atoms with van der Waals surface area (Å²) in [6.45, 7) is 1.21. The Morgan fingerprint density at radius 1 is 1.12 bits per heavy atom. The predicted molar refractivity (Wildman–Crippen MR) is 99.7 cm³/mol. The smallest absolute Gasteiger partial charge is 0.340 e. The van der Waals surface area contributed by atoms with Gasteiger partial charge in [-0.2, -0.15) is 0 Å². The van der Waals surface area contributed by atoms with Crippen LogP contribution in [0.1, 0.15) is 15.9 Å². The number of nitrogens with one attached hydrogen (secondary N) is 1. The third-order valence-corrected chi connectivity index (χ3v) is 5.06. The van der Waals surface area contributed by atoms with Gasteiger partial charge in [0.05, 0.1) is 15.5 Å². The molecule has 0 heterocycles. The van der Waals surface area contributed by atoms with Gasteiger partial charge in [-0.25, -0.2) is 13.2 Å². The average molecular weight is 416 g/mol. The van der Waals surface area contributed by atoms with Crippen LogP contribution in [0, 0.1) is 6.92 Å². The maximum atomic E-state index is 12.1. The minimum atomic E-state index is -3.51. The van der Waals surface area contributed by atoms with Gasteiger partial charge in [0.2, 0.25) is 0 Å². The van der Waals surface area contributed by atoms with E-state index in [2.05, 4.69) is 5.32 Å². The van der Waals surface area contributed by atoms with Crippen molar-refractivity contribution < 1.29 is 22.7 Å². The first kappa shape index (κ1) is 20.2. The van der Waals surface area contributed by atoms with Crippen LogP contribution in [0.15, 0.2) is 41.3 Å². The molecular weight excluding hydrogens is 401 g/mol. The number of aryl methyl sites for hydroxylation is 1. The summed E-state index contributed by atoms with van der Waals surface area (Å²) in [5.74, 6) is -1.46. The summed E-state index contributed by atoms with van der Waals surface area (Å²) in [5, 5.41) is 3.15. The Labute approximate surface area is 161 Å². The molecule has 2 aromatic carbocycles. The molecule has 9 heteroatoms. The number of hydrogen-bond acceptors (Lipinski definition) is 5. The van der Waals surface area contributed by atoms with Crippen LogP contribution >= 0.6 is 23.2 Å². The summed E-state index contributed by atoms with van der Waals surface area (Å²) in [5.41, 5.74) is 1.15. The molecule has 0 spiro atoms. The molecule has 0 saturated carbocycles. The van der Waals surface area contributed by atoms with Crippen LogP contribution in [0.2, 0.25) is 10.0 Å². The van der Waals surface area contributed by atoms with Gasteiger partial charge in [-0.05, 0) is 48.9 Å². The molecule has 0 aliphatic heterocycles. The molecule has 2 aromatic rings. The summed E-state index contributed by atoms with van der Waals surface area (Å²) in [6, 6.07) is 8.60. The molecule has 0 atom stereocenters. The van der Waals surface area contributed by atoms with Crippen molar-refractivity contribution in [3.63, 3.8) is 0 Å². The zero-order valence-corrected chi connectivity index (χ0v) is 16.2. The number of rotatable bonds is 5. The van der Waals surface area contributed by atoms with Crippen molar-refractivity contribution >= 4 is 50.6 Å². The van der Waals surface area contributed by atoms with Gasteiger partial charge in [-0.3, -0.25) is 4.79 Å². The normalized spacial score (nSPS) is 11.1. The van der Waals surface area contributed by atoms with Gasteiger partial charge in [0.1, 0.15) is 0 Å². The zero-order chi connectivity index (χ0) is 19.5. The Morgan fingerprint density at radius 2 is 1.81 bits per heavy atom. The molecule has 1 N–H and O–H groups in total. The molecule has 0 unspecified atom stereocenters. The molecular formula is C17H15Cl2NO5S. The lowest BCUT2D eigenvalue weighted by Gasteiger charge is -2.10. The highest BCUT2D eigenvalue weighted by Crippen LogP contribution is 2.22. The van der Waals surface area contributed by atoms with Crippen molar-refractivity contribution in [1.29, 1.82) is 0 Å². The van der Waals surface area contributed by atoms with Crippen molar-refractivity contribution in [2.75, 3.05) is 18.2 Å². The van der Waals surface area contributed by atoms with E-state index in [9.17, 15) is 18.0 Å². The van der Waals surface area contributed by atoms with Crippen LogP contribution in [-0.2, 0) is 19.4 Å². The first-order valence-electron chi connectivity index (χ1n) is 7.30. The molecule has 0 saturated heterocycles. The van der Waals surface area contributed by atoms with Crippen molar-refractivity contribution in [2.45, 2.75) is 11.8 Å². The van der Waals surface area contributed by atoms with E-state index in [1.54, 1.807) is 25.1 Å². The van der Waals surface area contributed by atoms with Crippen molar-refractivity contribution in [1.82, 2.24) is 0 Å². The molecule has 0 aliphatic rings. The molecule has 26 heavy (non-hydrogen) atoms. The topological polar surface area (TPSA) is 89.5 Å². The number of halogens is 2. The Kier molecular flexibility index (Phi) is 6.28. The number of ether oxygens (including phenoxy) is 1. The molecule has 0 fully saturated rings. The number of anilines is 1. The van der Waals surface area contributed by atoms with E-state index in [-0.39, 0.29) is 15.5 Å². The standard InChI is InChI=1S/C17H15Cl2NO5S/c1-10-7-11(18)3-6-15(10)20-16(21)9-25-17(22)13-8-12(26(2,23)24)4-5-14(13)19/h3-8H,9H2,1-2H3,(H,20,21). The zero-order valence-electron chi connectivity index (χ0n) is 13.9. The lowest BCUT2D eigenvalue weighted by molar-refractivity contribution is -0.119. The number of carbonyl (C=O) groups is 2. The van der Waals surface area contributed by atoms with Gasteiger partial charge < -0.3 is 10.1 Å². The van der Waals surface area contributed by atoms with Gasteiger partial charge in [-0.1, -0.05) is 23.2 Å². The molecule has 0 bridgehead atoms. The predicted octanol–water partition coefficient (Wildman–Crippen LogP) is 3.50. The third kappa shape index (κ3) is 5.20. The third-order valence-electron chi connectivity index (χ3n) is 3.38. The summed E-state index contributed by atoms with van der Waals surface area (Å²) in [7, 11) is -3.51. The van der Waals surface area contributed by atoms with E-state index in [1.165, 1.54) is 12.1 Å². The second-order valence-electron chi connectivity index (χ2n) is 5.50. The average Bonchev–Trinajstić information content (AvgIpc) is 2.54. The van der Waals surface area contributed by atoms with Gasteiger partial charge in [0.25, 0.3) is 5.91 Å². The molecule has 0 aliphatic carbocycles. The number of hydrogen-bond donors (Lipinski definition) is 1. The lowest BCUT2D eigenvalue weighted by atomic mass is 10.2. The van der Waals surface area contributed by atoms with Crippen LogP contribution in [0.3, 0.4) is 0 Å². The molecule has 6 nitrogen and oxygen atoms in total. The summed E-state index contributed by atoms with van der Waals surface area (Å²) < 4.78 is 28.1. The Bertz CT molecular complexity index is 973. The van der Waals surface area contributed by atoms with Crippen LogP contribution < -0.4 is 5.32 Å². The molecule has 2 rings (SSSR count). The lowest BCUT2D eigenvalue weighted by Crippen LogP contribution is -2.21. The highest BCUT2D eigenvalue weighted by molar-refractivity contribution is 7.90. The molecule has 0 aromatic heterocycles. The van der Waals surface area contributed by atoms with Crippen LogP contribution in [0.4, 0.5) is 5.69 Å². The van der Waals surface area contributed by atoms with E-state index in [1.807, 2.05) is 0 Å². The first-order chi connectivity index (χ1) is 12.1. The van der Waals surface area contributed by atoms with Gasteiger partial charge in [0.15, 0.2) is 16.4 Å². The summed E-state index contributed by atoms with van der Waals surface area (Å²) >= 11 is 11.8. The highest BCUT2D eigenvalue weighted by Gasteiger charge is 2.18. The van der Waals surface area contributed by atoms with Crippen molar-refractivity contribution in [3.8, 4) is 0 Å². The summed E-state index contributed by atoms with van der Waals surface area (Å²) in [6.07, 6.45) is 1.01.